The van der Waals surface area contributed by atoms with E-state index in [1.807, 2.05) is 20.8 Å². The van der Waals surface area contributed by atoms with Crippen LogP contribution >= 0.6 is 0 Å². The first kappa shape index (κ1) is 17.9. The molecule has 4 heteroatoms. The summed E-state index contributed by atoms with van der Waals surface area (Å²) in [6, 6.07) is 5.07. The molecule has 110 valence electrons. The average molecular weight is 272 g/mol. The van der Waals surface area contributed by atoms with Crippen LogP contribution < -0.4 is 4.74 Å². The minimum atomic E-state index is -0.477. The molecule has 0 aromatic heterocycles. The molecule has 1 N–H and O–H groups in total. The largest absolute Gasteiger partial charge is 0.494 e. The predicted octanol–water partition coefficient (Wildman–Crippen LogP) is 3.67. The highest BCUT2D eigenvalue weighted by molar-refractivity contribution is 5.29. The van der Waals surface area contributed by atoms with E-state index in [9.17, 15) is 4.39 Å². The molecule has 1 aromatic carbocycles. The molecule has 0 saturated carbocycles. The quantitative estimate of drug-likeness (QED) is 0.847. The first-order valence-corrected chi connectivity index (χ1v) is 6.67. The number of halogens is 1. The molecule has 0 aliphatic carbocycles. The SMILES string of the molecule is CC.CC1CCC(O)O1.COc1cccc(C)c1F. The minimum Gasteiger partial charge on any atom is -0.494 e. The lowest BCUT2D eigenvalue weighted by atomic mass is 10.2. The smallest absolute Gasteiger partial charge is 0.167 e. The van der Waals surface area contributed by atoms with Crippen molar-refractivity contribution >= 4 is 0 Å². The third-order valence-electron chi connectivity index (χ3n) is 2.59. The van der Waals surface area contributed by atoms with Crippen LogP contribution in [0.1, 0.15) is 39.2 Å². The highest BCUT2D eigenvalue weighted by atomic mass is 19.1. The average Bonchev–Trinajstić information content (AvgIpc) is 2.80. The monoisotopic (exact) mass is 272 g/mol. The van der Waals surface area contributed by atoms with Gasteiger partial charge in [-0.25, -0.2) is 4.39 Å². The standard InChI is InChI=1S/C8H9FO.C5H10O2.C2H6/c1-6-4-3-5-7(10-2)8(6)9;1-4-2-3-5(6)7-4;1-2/h3-5H,1-2H3;4-6H,2-3H2,1H3;1-2H3. The number of hydrogen-bond acceptors (Lipinski definition) is 3. The summed E-state index contributed by atoms with van der Waals surface area (Å²) in [7, 11) is 1.46. The number of benzene rings is 1. The normalized spacial score (nSPS) is 20.8. The van der Waals surface area contributed by atoms with Crippen molar-refractivity contribution in [2.75, 3.05) is 7.11 Å². The van der Waals surface area contributed by atoms with E-state index in [0.29, 0.717) is 11.3 Å². The molecule has 0 radical (unpaired) electrons. The summed E-state index contributed by atoms with van der Waals surface area (Å²) in [6.45, 7) is 7.67. The molecule has 19 heavy (non-hydrogen) atoms. The van der Waals surface area contributed by atoms with Crippen molar-refractivity contribution in [3.8, 4) is 5.75 Å². The van der Waals surface area contributed by atoms with E-state index in [1.54, 1.807) is 25.1 Å². The zero-order valence-electron chi connectivity index (χ0n) is 12.4. The van der Waals surface area contributed by atoms with E-state index in [0.717, 1.165) is 12.8 Å². The number of hydrogen-bond donors (Lipinski definition) is 1. The van der Waals surface area contributed by atoms with Crippen molar-refractivity contribution in [2.45, 2.75) is 52.9 Å². The lowest BCUT2D eigenvalue weighted by molar-refractivity contribution is -0.0849. The van der Waals surface area contributed by atoms with Crippen molar-refractivity contribution in [1.29, 1.82) is 0 Å². The van der Waals surface area contributed by atoms with Gasteiger partial charge in [-0.1, -0.05) is 26.0 Å². The van der Waals surface area contributed by atoms with Crippen LogP contribution in [0.5, 0.6) is 5.75 Å². The number of aryl methyl sites for hydroxylation is 1. The first-order valence-electron chi connectivity index (χ1n) is 6.67. The first-order chi connectivity index (χ1) is 9.04. The maximum atomic E-state index is 12.9. The molecule has 0 bridgehead atoms. The second-order valence-corrected chi connectivity index (χ2v) is 4.07. The Balaban J connectivity index is 0.000000316. The van der Waals surface area contributed by atoms with Gasteiger partial charge in [0.25, 0.3) is 0 Å². The van der Waals surface area contributed by atoms with E-state index in [4.69, 9.17) is 14.6 Å². The summed E-state index contributed by atoms with van der Waals surface area (Å²) >= 11 is 0. The van der Waals surface area contributed by atoms with Gasteiger partial charge in [0, 0.05) is 6.42 Å². The van der Waals surface area contributed by atoms with E-state index < -0.39 is 6.29 Å². The highest BCUT2D eigenvalue weighted by Crippen LogP contribution is 2.18. The summed E-state index contributed by atoms with van der Waals surface area (Å²) in [6.07, 6.45) is 1.60. The maximum absolute atomic E-state index is 12.9. The fourth-order valence-electron chi connectivity index (χ4n) is 1.56. The van der Waals surface area contributed by atoms with Crippen molar-refractivity contribution in [3.05, 3.63) is 29.6 Å². The summed E-state index contributed by atoms with van der Waals surface area (Å²) in [4.78, 5) is 0. The second kappa shape index (κ2) is 9.75. The Morgan fingerprint density at radius 1 is 1.32 bits per heavy atom. The number of ether oxygens (including phenoxy) is 2. The number of aliphatic hydroxyl groups excluding tert-OH is 1. The predicted molar refractivity (Wildman–Crippen MR) is 74.8 cm³/mol. The summed E-state index contributed by atoms with van der Waals surface area (Å²) < 4.78 is 22.5. The van der Waals surface area contributed by atoms with Crippen LogP contribution in [0.15, 0.2) is 18.2 Å². The number of methoxy groups -OCH3 is 1. The molecule has 1 saturated heterocycles. The fraction of sp³-hybridized carbons (Fsp3) is 0.600. The van der Waals surface area contributed by atoms with Gasteiger partial charge in [0.15, 0.2) is 17.9 Å². The Kier molecular flexibility index (Phi) is 9.17. The van der Waals surface area contributed by atoms with E-state index in [-0.39, 0.29) is 11.9 Å². The van der Waals surface area contributed by atoms with Crippen molar-refractivity contribution in [3.63, 3.8) is 0 Å². The van der Waals surface area contributed by atoms with Crippen molar-refractivity contribution in [2.24, 2.45) is 0 Å². The van der Waals surface area contributed by atoms with Gasteiger partial charge < -0.3 is 14.6 Å². The summed E-state index contributed by atoms with van der Waals surface area (Å²) in [5.74, 6) is 0.0324. The molecule has 2 atom stereocenters. The molecule has 1 aliphatic heterocycles. The Bertz CT molecular complexity index is 347. The molecule has 2 rings (SSSR count). The summed E-state index contributed by atoms with van der Waals surface area (Å²) in [5, 5.41) is 8.68. The molecular formula is C15H25FO3. The molecule has 0 spiro atoms. The van der Waals surface area contributed by atoms with Gasteiger partial charge >= 0.3 is 0 Å². The van der Waals surface area contributed by atoms with Crippen molar-refractivity contribution in [1.82, 2.24) is 0 Å². The van der Waals surface area contributed by atoms with Crippen LogP contribution in [0.3, 0.4) is 0 Å². The van der Waals surface area contributed by atoms with Crippen LogP contribution in [0.25, 0.3) is 0 Å². The lowest BCUT2D eigenvalue weighted by Crippen LogP contribution is -2.05. The molecule has 0 amide bonds. The highest BCUT2D eigenvalue weighted by Gasteiger charge is 2.17. The van der Waals surface area contributed by atoms with Gasteiger partial charge in [-0.15, -0.1) is 0 Å². The third-order valence-corrected chi connectivity index (χ3v) is 2.59. The number of rotatable bonds is 1. The maximum Gasteiger partial charge on any atom is 0.167 e. The van der Waals surface area contributed by atoms with Crippen LogP contribution in [0.4, 0.5) is 4.39 Å². The van der Waals surface area contributed by atoms with Crippen LogP contribution in [-0.2, 0) is 4.74 Å². The Hall–Kier alpha value is -1.13. The Labute approximate surface area is 115 Å². The van der Waals surface area contributed by atoms with Crippen LogP contribution in [-0.4, -0.2) is 24.6 Å². The second-order valence-electron chi connectivity index (χ2n) is 4.07. The summed E-state index contributed by atoms with van der Waals surface area (Å²) in [5.41, 5.74) is 0.611. The molecule has 1 aliphatic rings. The Morgan fingerprint density at radius 2 is 1.95 bits per heavy atom. The minimum absolute atomic E-state index is 0.273. The van der Waals surface area contributed by atoms with Crippen LogP contribution in [0, 0.1) is 12.7 Å². The molecule has 3 nitrogen and oxygen atoms in total. The molecule has 1 aromatic rings. The zero-order valence-corrected chi connectivity index (χ0v) is 12.4. The zero-order chi connectivity index (χ0) is 14.8. The van der Waals surface area contributed by atoms with E-state index >= 15 is 0 Å². The molecule has 1 fully saturated rings. The van der Waals surface area contributed by atoms with E-state index in [2.05, 4.69) is 0 Å². The van der Waals surface area contributed by atoms with Gasteiger partial charge in [0.1, 0.15) is 0 Å². The lowest BCUT2D eigenvalue weighted by Gasteiger charge is -2.01. The van der Waals surface area contributed by atoms with Crippen molar-refractivity contribution < 1.29 is 19.0 Å². The van der Waals surface area contributed by atoms with Crippen LogP contribution in [0.2, 0.25) is 0 Å². The number of aliphatic hydroxyl groups is 1. The molecule has 1 heterocycles. The van der Waals surface area contributed by atoms with Gasteiger partial charge in [0.05, 0.1) is 13.2 Å². The van der Waals surface area contributed by atoms with E-state index in [1.165, 1.54) is 7.11 Å². The van der Waals surface area contributed by atoms with Gasteiger partial charge in [-0.05, 0) is 31.9 Å². The molecule has 2 unspecified atom stereocenters. The topological polar surface area (TPSA) is 38.7 Å². The fourth-order valence-corrected chi connectivity index (χ4v) is 1.56. The van der Waals surface area contributed by atoms with Gasteiger partial charge in [-0.3, -0.25) is 0 Å². The molecular weight excluding hydrogens is 247 g/mol. The Morgan fingerprint density at radius 3 is 2.26 bits per heavy atom. The van der Waals surface area contributed by atoms with Gasteiger partial charge in [-0.2, -0.15) is 0 Å². The third kappa shape index (κ3) is 6.55. The van der Waals surface area contributed by atoms with Gasteiger partial charge in [0.2, 0.25) is 0 Å².